The lowest BCUT2D eigenvalue weighted by Crippen LogP contribution is -2.10. The molecule has 2 aromatic rings. The Kier molecular flexibility index (Phi) is 3.01. The minimum Gasteiger partial charge on any atom is -0.324 e. The van der Waals surface area contributed by atoms with Gasteiger partial charge in [0.25, 0.3) is 0 Å². The molecule has 0 radical (unpaired) electrons. The third-order valence-electron chi connectivity index (χ3n) is 2.47. The van der Waals surface area contributed by atoms with Gasteiger partial charge in [-0.2, -0.15) is 0 Å². The number of nitrogens with zero attached hydrogens (tertiary/aromatic N) is 3. The summed E-state index contributed by atoms with van der Waals surface area (Å²) in [6, 6.07) is 10.1. The third-order valence-corrected chi connectivity index (χ3v) is 2.47. The Morgan fingerprint density at radius 2 is 1.88 bits per heavy atom. The average Bonchev–Trinajstić information content (AvgIpc) is 2.73. The van der Waals surface area contributed by atoms with Crippen molar-refractivity contribution in [2.24, 2.45) is 5.73 Å². The number of rotatable bonds is 3. The third kappa shape index (κ3) is 1.84. The first-order valence-corrected chi connectivity index (χ1v) is 5.43. The van der Waals surface area contributed by atoms with Crippen LogP contribution in [0.1, 0.15) is 31.4 Å². The molecule has 1 aromatic carbocycles. The molecule has 0 aliphatic rings. The molecule has 0 amide bonds. The van der Waals surface area contributed by atoms with Crippen LogP contribution in [0, 0.1) is 0 Å². The lowest BCUT2D eigenvalue weighted by atomic mass is 10.2. The average molecular weight is 216 g/mol. The van der Waals surface area contributed by atoms with E-state index in [4.69, 9.17) is 5.73 Å². The van der Waals surface area contributed by atoms with Crippen LogP contribution < -0.4 is 5.73 Å². The van der Waals surface area contributed by atoms with Gasteiger partial charge in [0.2, 0.25) is 0 Å². The lowest BCUT2D eigenvalue weighted by Gasteiger charge is -2.11. The summed E-state index contributed by atoms with van der Waals surface area (Å²) in [5, 5.41) is 8.32. The molecule has 1 aromatic heterocycles. The maximum atomic E-state index is 5.68. The van der Waals surface area contributed by atoms with Crippen LogP contribution in [-0.4, -0.2) is 14.8 Å². The molecule has 84 valence electrons. The molecule has 16 heavy (non-hydrogen) atoms. The van der Waals surface area contributed by atoms with Crippen molar-refractivity contribution in [3.05, 3.63) is 42.0 Å². The fourth-order valence-electron chi connectivity index (χ4n) is 1.69. The van der Waals surface area contributed by atoms with Crippen LogP contribution >= 0.6 is 0 Å². The summed E-state index contributed by atoms with van der Waals surface area (Å²) in [7, 11) is 0. The van der Waals surface area contributed by atoms with Crippen LogP contribution in [0.5, 0.6) is 0 Å². The van der Waals surface area contributed by atoms with E-state index in [1.54, 1.807) is 0 Å². The Morgan fingerprint density at radius 3 is 2.44 bits per heavy atom. The van der Waals surface area contributed by atoms with E-state index in [2.05, 4.69) is 24.0 Å². The molecule has 0 saturated carbocycles. The smallest absolute Gasteiger partial charge is 0.151 e. The maximum Gasteiger partial charge on any atom is 0.151 e. The Balaban J connectivity index is 2.57. The number of nitrogens with two attached hydrogens (primary N) is 1. The molecule has 2 N–H and O–H groups in total. The Bertz CT molecular complexity index is 459. The van der Waals surface area contributed by atoms with E-state index in [1.165, 1.54) is 0 Å². The molecule has 0 spiro atoms. The second-order valence-electron chi connectivity index (χ2n) is 4.00. The number of benzene rings is 1. The molecule has 0 aliphatic heterocycles. The second-order valence-corrected chi connectivity index (χ2v) is 4.00. The normalized spacial score (nSPS) is 11.0. The fraction of sp³-hybridized carbons (Fsp3) is 0.333. The molecule has 1 heterocycles. The van der Waals surface area contributed by atoms with E-state index in [1.807, 2.05) is 34.9 Å². The molecule has 0 atom stereocenters. The molecule has 0 fully saturated rings. The topological polar surface area (TPSA) is 56.7 Å². The van der Waals surface area contributed by atoms with Gasteiger partial charge in [0, 0.05) is 11.6 Å². The minimum atomic E-state index is 0.327. The van der Waals surface area contributed by atoms with Gasteiger partial charge >= 0.3 is 0 Å². The predicted molar refractivity (Wildman–Crippen MR) is 63.3 cm³/mol. The number of hydrogen-bond acceptors (Lipinski definition) is 3. The molecule has 4 heteroatoms. The summed E-state index contributed by atoms with van der Waals surface area (Å²) >= 11 is 0. The molecule has 0 saturated heterocycles. The molecular formula is C12H16N4. The van der Waals surface area contributed by atoms with E-state index in [-0.39, 0.29) is 0 Å². The summed E-state index contributed by atoms with van der Waals surface area (Å²) in [4.78, 5) is 0. The Hall–Kier alpha value is -1.68. The molecule has 0 bridgehead atoms. The van der Waals surface area contributed by atoms with Gasteiger partial charge in [-0.05, 0) is 12.1 Å². The zero-order valence-corrected chi connectivity index (χ0v) is 9.59. The second kappa shape index (κ2) is 4.45. The van der Waals surface area contributed by atoms with Gasteiger partial charge < -0.3 is 5.73 Å². The van der Waals surface area contributed by atoms with Crippen molar-refractivity contribution >= 4 is 0 Å². The highest BCUT2D eigenvalue weighted by molar-refractivity contribution is 5.34. The first-order valence-electron chi connectivity index (χ1n) is 5.43. The quantitative estimate of drug-likeness (QED) is 0.851. The highest BCUT2D eigenvalue weighted by Crippen LogP contribution is 2.18. The summed E-state index contributed by atoms with van der Waals surface area (Å²) in [5.41, 5.74) is 6.74. The van der Waals surface area contributed by atoms with Crippen molar-refractivity contribution in [2.45, 2.75) is 26.3 Å². The van der Waals surface area contributed by atoms with E-state index < -0.39 is 0 Å². The zero-order chi connectivity index (χ0) is 11.5. The van der Waals surface area contributed by atoms with Crippen LogP contribution in [0.4, 0.5) is 0 Å². The summed E-state index contributed by atoms with van der Waals surface area (Å²) in [6.45, 7) is 4.60. The van der Waals surface area contributed by atoms with Crippen molar-refractivity contribution < 1.29 is 0 Å². The van der Waals surface area contributed by atoms with Gasteiger partial charge in [-0.1, -0.05) is 32.0 Å². The van der Waals surface area contributed by atoms with Gasteiger partial charge in [-0.3, -0.25) is 4.57 Å². The van der Waals surface area contributed by atoms with Gasteiger partial charge in [0.05, 0.1) is 6.54 Å². The Morgan fingerprint density at radius 1 is 1.19 bits per heavy atom. The largest absolute Gasteiger partial charge is 0.324 e. The number of aromatic nitrogens is 3. The van der Waals surface area contributed by atoms with Crippen molar-refractivity contribution in [2.75, 3.05) is 0 Å². The molecule has 0 aliphatic carbocycles. The highest BCUT2D eigenvalue weighted by Gasteiger charge is 2.14. The highest BCUT2D eigenvalue weighted by atomic mass is 15.3. The maximum absolute atomic E-state index is 5.68. The molecule has 2 rings (SSSR count). The van der Waals surface area contributed by atoms with Crippen LogP contribution in [0.2, 0.25) is 0 Å². The monoisotopic (exact) mass is 216 g/mol. The fourth-order valence-corrected chi connectivity index (χ4v) is 1.69. The summed E-state index contributed by atoms with van der Waals surface area (Å²) < 4.78 is 2.03. The first kappa shape index (κ1) is 10.8. The molecule has 0 unspecified atom stereocenters. The molecule has 4 nitrogen and oxygen atoms in total. The van der Waals surface area contributed by atoms with Crippen LogP contribution in [0.3, 0.4) is 0 Å². The minimum absolute atomic E-state index is 0.327. The van der Waals surface area contributed by atoms with Crippen LogP contribution in [0.15, 0.2) is 30.3 Å². The standard InChI is InChI=1S/C12H16N4/c1-9(2)12-15-14-11(8-13)16(12)10-6-4-3-5-7-10/h3-7,9H,8,13H2,1-2H3. The number of hydrogen-bond donors (Lipinski definition) is 1. The lowest BCUT2D eigenvalue weighted by molar-refractivity contribution is 0.735. The van der Waals surface area contributed by atoms with Crippen LogP contribution in [0.25, 0.3) is 5.69 Å². The van der Waals surface area contributed by atoms with Crippen LogP contribution in [-0.2, 0) is 6.54 Å². The van der Waals surface area contributed by atoms with Gasteiger partial charge in [0.15, 0.2) is 5.82 Å². The summed E-state index contributed by atoms with van der Waals surface area (Å²) in [6.07, 6.45) is 0. The van der Waals surface area contributed by atoms with E-state index in [9.17, 15) is 0 Å². The van der Waals surface area contributed by atoms with Gasteiger partial charge in [-0.25, -0.2) is 0 Å². The SMILES string of the molecule is CC(C)c1nnc(CN)n1-c1ccccc1. The summed E-state index contributed by atoms with van der Waals surface area (Å²) in [5.74, 6) is 2.08. The van der Waals surface area contributed by atoms with Crippen molar-refractivity contribution in [1.29, 1.82) is 0 Å². The molecular weight excluding hydrogens is 200 g/mol. The zero-order valence-electron chi connectivity index (χ0n) is 9.59. The van der Waals surface area contributed by atoms with E-state index in [0.717, 1.165) is 17.3 Å². The van der Waals surface area contributed by atoms with Crippen molar-refractivity contribution in [1.82, 2.24) is 14.8 Å². The number of para-hydroxylation sites is 1. The first-order chi connectivity index (χ1) is 7.74. The van der Waals surface area contributed by atoms with E-state index in [0.29, 0.717) is 12.5 Å². The van der Waals surface area contributed by atoms with Gasteiger partial charge in [-0.15, -0.1) is 10.2 Å². The predicted octanol–water partition coefficient (Wildman–Crippen LogP) is 1.85. The van der Waals surface area contributed by atoms with Crippen molar-refractivity contribution in [3.63, 3.8) is 0 Å². The van der Waals surface area contributed by atoms with Gasteiger partial charge in [0.1, 0.15) is 5.82 Å². The van der Waals surface area contributed by atoms with Crippen molar-refractivity contribution in [3.8, 4) is 5.69 Å². The van der Waals surface area contributed by atoms with E-state index >= 15 is 0 Å². The Labute approximate surface area is 95.1 Å².